The van der Waals surface area contributed by atoms with E-state index in [4.69, 9.17) is 10.5 Å². The van der Waals surface area contributed by atoms with Crippen molar-refractivity contribution >= 4 is 17.7 Å². The van der Waals surface area contributed by atoms with Crippen molar-refractivity contribution < 1.29 is 27.8 Å². The van der Waals surface area contributed by atoms with Crippen molar-refractivity contribution in [2.45, 2.75) is 51.4 Å². The van der Waals surface area contributed by atoms with Crippen molar-refractivity contribution in [2.75, 3.05) is 30.3 Å². The molecule has 5 rings (SSSR count). The Balaban J connectivity index is 1.32. The first-order chi connectivity index (χ1) is 18.9. The first kappa shape index (κ1) is 27.7. The summed E-state index contributed by atoms with van der Waals surface area (Å²) in [5, 5.41) is 12.4. The van der Waals surface area contributed by atoms with Crippen molar-refractivity contribution in [3.8, 4) is 17.0 Å². The number of carboxylic acids is 1. The molecule has 3 heterocycles. The summed E-state index contributed by atoms with van der Waals surface area (Å²) in [5.41, 5.74) is 9.66. The van der Waals surface area contributed by atoms with Gasteiger partial charge in [0.25, 0.3) is 0 Å². The molecule has 1 aromatic heterocycles. The van der Waals surface area contributed by atoms with Crippen molar-refractivity contribution in [3.63, 3.8) is 0 Å². The Bertz CT molecular complexity index is 1390. The number of aryl methyl sites for hydroxylation is 2. The number of nitrogens with two attached hydrogens (primary N) is 1. The van der Waals surface area contributed by atoms with Crippen molar-refractivity contribution in [1.29, 1.82) is 0 Å². The van der Waals surface area contributed by atoms with Crippen LogP contribution < -0.4 is 20.7 Å². The number of ether oxygens (including phenoxy) is 1. The fourth-order valence-corrected chi connectivity index (χ4v) is 5.55. The van der Waals surface area contributed by atoms with E-state index in [2.05, 4.69) is 15.3 Å². The molecule has 2 fully saturated rings. The molecule has 3 aromatic rings. The molecule has 212 valence electrons. The molecule has 0 aliphatic carbocycles. The van der Waals surface area contributed by atoms with Gasteiger partial charge < -0.3 is 25.8 Å². The zero-order valence-electron chi connectivity index (χ0n) is 22.3. The van der Waals surface area contributed by atoms with Gasteiger partial charge in [-0.05, 0) is 60.8 Å². The van der Waals surface area contributed by atoms with E-state index < -0.39 is 24.3 Å². The maximum absolute atomic E-state index is 14.2. The van der Waals surface area contributed by atoms with Gasteiger partial charge in [-0.25, -0.2) is 0 Å². The van der Waals surface area contributed by atoms with Crippen LogP contribution in [0.1, 0.15) is 42.1 Å². The lowest BCUT2D eigenvalue weighted by atomic mass is 9.76. The fourth-order valence-electron chi connectivity index (χ4n) is 5.55. The summed E-state index contributed by atoms with van der Waals surface area (Å²) in [4.78, 5) is 21.4. The van der Waals surface area contributed by atoms with Crippen molar-refractivity contribution in [3.05, 3.63) is 65.2 Å². The highest BCUT2D eigenvalue weighted by molar-refractivity contribution is 5.74. The fraction of sp³-hybridized carbons (Fsp3) is 0.414. The van der Waals surface area contributed by atoms with Gasteiger partial charge in [0.2, 0.25) is 17.9 Å². The third-order valence-corrected chi connectivity index (χ3v) is 8.10. The molecule has 0 bridgehead atoms. The molecule has 8 nitrogen and oxygen atoms in total. The molecule has 0 unspecified atom stereocenters. The number of benzene rings is 2. The number of aromatic nitrogens is 2. The second-order valence-electron chi connectivity index (χ2n) is 10.8. The van der Waals surface area contributed by atoms with E-state index in [1.165, 1.54) is 18.2 Å². The number of hydrogen-bond acceptors (Lipinski definition) is 7. The van der Waals surface area contributed by atoms with Gasteiger partial charge in [-0.1, -0.05) is 42.5 Å². The first-order valence-corrected chi connectivity index (χ1v) is 13.2. The van der Waals surface area contributed by atoms with Crippen LogP contribution in [0.25, 0.3) is 11.1 Å². The molecule has 11 heteroatoms. The van der Waals surface area contributed by atoms with Crippen LogP contribution in [0, 0.1) is 19.3 Å². The minimum absolute atomic E-state index is 0.0551. The number of carboxylic acid groups (broad SMARTS) is 1. The quantitative estimate of drug-likeness (QED) is 0.387. The van der Waals surface area contributed by atoms with Crippen LogP contribution in [-0.4, -0.2) is 52.9 Å². The number of nitrogens with one attached hydrogen (secondary N) is 1. The van der Waals surface area contributed by atoms with Gasteiger partial charge >= 0.3 is 12.1 Å². The number of aliphatic carboxylic acids is 1. The lowest BCUT2D eigenvalue weighted by Gasteiger charge is -2.39. The van der Waals surface area contributed by atoms with Crippen LogP contribution in [0.4, 0.5) is 24.9 Å². The number of piperidine rings is 1. The second kappa shape index (κ2) is 10.6. The van der Waals surface area contributed by atoms with Crippen LogP contribution in [-0.2, 0) is 4.79 Å². The number of rotatable bonds is 6. The summed E-state index contributed by atoms with van der Waals surface area (Å²) < 4.78 is 47.9. The molecule has 2 aliphatic heterocycles. The molecule has 4 N–H and O–H groups in total. The number of anilines is 2. The molecule has 0 saturated carbocycles. The summed E-state index contributed by atoms with van der Waals surface area (Å²) in [5.74, 6) is -0.933. The molecular weight excluding hydrogens is 523 g/mol. The highest BCUT2D eigenvalue weighted by Gasteiger charge is 2.45. The van der Waals surface area contributed by atoms with Gasteiger partial charge in [0.15, 0.2) is 0 Å². The molecule has 1 spiro atoms. The van der Waals surface area contributed by atoms with Crippen molar-refractivity contribution in [1.82, 2.24) is 15.3 Å². The van der Waals surface area contributed by atoms with Gasteiger partial charge in [-0.3, -0.25) is 4.79 Å². The molecule has 0 amide bonds. The van der Waals surface area contributed by atoms with Gasteiger partial charge in [-0.2, -0.15) is 23.1 Å². The summed E-state index contributed by atoms with van der Waals surface area (Å²) in [6, 6.07) is 12.9. The van der Waals surface area contributed by atoms with E-state index in [-0.39, 0.29) is 22.8 Å². The van der Waals surface area contributed by atoms with E-state index >= 15 is 0 Å². The lowest BCUT2D eigenvalue weighted by Crippen LogP contribution is -2.41. The van der Waals surface area contributed by atoms with Crippen LogP contribution in [0.5, 0.6) is 5.88 Å². The predicted octanol–water partition coefficient (Wildman–Crippen LogP) is 5.06. The SMILES string of the molecule is Cc1ccc(-c2ccc([C@@H](Oc3cc(N4CCC5(CC4)CN[C@H](C(=O)O)C5)nc(N)n3)C(F)(F)F)cc2)cc1C. The predicted molar refractivity (Wildman–Crippen MR) is 145 cm³/mol. The summed E-state index contributed by atoms with van der Waals surface area (Å²) in [6.45, 7) is 5.74. The normalized spacial score (nSPS) is 19.5. The smallest absolute Gasteiger partial charge is 0.429 e. The van der Waals surface area contributed by atoms with E-state index in [1.807, 2.05) is 36.9 Å². The average Bonchev–Trinajstić information content (AvgIpc) is 3.32. The van der Waals surface area contributed by atoms with Crippen LogP contribution >= 0.6 is 0 Å². The van der Waals surface area contributed by atoms with Gasteiger partial charge in [0, 0.05) is 31.3 Å². The Labute approximate surface area is 230 Å². The summed E-state index contributed by atoms with van der Waals surface area (Å²) in [7, 11) is 0. The largest absolute Gasteiger partial charge is 0.480 e. The van der Waals surface area contributed by atoms with E-state index in [0.29, 0.717) is 31.9 Å². The first-order valence-electron chi connectivity index (χ1n) is 13.2. The lowest BCUT2D eigenvalue weighted by molar-refractivity contribution is -0.198. The average molecular weight is 556 g/mol. The van der Waals surface area contributed by atoms with Gasteiger partial charge in [0.1, 0.15) is 11.9 Å². The number of halogens is 3. The molecule has 2 saturated heterocycles. The van der Waals surface area contributed by atoms with E-state index in [1.54, 1.807) is 12.1 Å². The second-order valence-corrected chi connectivity index (χ2v) is 10.8. The number of hydrogen-bond donors (Lipinski definition) is 3. The van der Waals surface area contributed by atoms with Crippen LogP contribution in [0.15, 0.2) is 48.5 Å². The molecule has 2 atom stereocenters. The zero-order chi connectivity index (χ0) is 28.7. The molecule has 2 aliphatic rings. The van der Waals surface area contributed by atoms with Gasteiger partial charge in [-0.15, -0.1) is 0 Å². The Morgan fingerprint density at radius 1 is 1.07 bits per heavy atom. The Kier molecular flexibility index (Phi) is 7.34. The minimum atomic E-state index is -4.70. The van der Waals surface area contributed by atoms with Crippen LogP contribution in [0.3, 0.4) is 0 Å². The molecule has 0 radical (unpaired) electrons. The molecule has 2 aromatic carbocycles. The van der Waals surface area contributed by atoms with Gasteiger partial charge in [0.05, 0.1) is 0 Å². The number of nitrogen functional groups attached to an aromatic ring is 1. The number of nitrogens with zero attached hydrogens (tertiary/aromatic N) is 3. The zero-order valence-corrected chi connectivity index (χ0v) is 22.3. The Hall–Kier alpha value is -3.86. The topological polar surface area (TPSA) is 114 Å². The molecule has 40 heavy (non-hydrogen) atoms. The van der Waals surface area contributed by atoms with E-state index in [9.17, 15) is 23.1 Å². The third kappa shape index (κ3) is 5.84. The maximum Gasteiger partial charge on any atom is 0.429 e. The maximum atomic E-state index is 14.2. The summed E-state index contributed by atoms with van der Waals surface area (Å²) in [6.07, 6.45) is -4.95. The standard InChI is InChI=1S/C29H32F3N5O3/c1-17-3-4-21(13-18(17)2)19-5-7-20(8-6-19)25(29(30,31)32)40-24-14-23(35-27(33)36-24)37-11-9-28(10-12-37)15-22(26(38)39)34-16-28/h3-8,13-14,22,25,34H,9-12,15-16H2,1-2H3,(H,38,39)(H2,33,35,36)/t22-,25+/m0/s1. The Morgan fingerprint density at radius 3 is 2.35 bits per heavy atom. The number of alkyl halides is 3. The highest BCUT2D eigenvalue weighted by atomic mass is 19.4. The number of carbonyl (C=O) groups is 1. The monoisotopic (exact) mass is 555 g/mol. The summed E-state index contributed by atoms with van der Waals surface area (Å²) >= 11 is 0. The minimum Gasteiger partial charge on any atom is -0.480 e. The highest BCUT2D eigenvalue weighted by Crippen LogP contribution is 2.41. The van der Waals surface area contributed by atoms with Crippen LogP contribution in [0.2, 0.25) is 0 Å². The molecular formula is C29H32F3N5O3. The van der Waals surface area contributed by atoms with Crippen molar-refractivity contribution in [2.24, 2.45) is 5.41 Å². The Morgan fingerprint density at radius 2 is 1.75 bits per heavy atom. The van der Waals surface area contributed by atoms with E-state index in [0.717, 1.165) is 35.1 Å². The third-order valence-electron chi connectivity index (χ3n) is 8.10.